The highest BCUT2D eigenvalue weighted by Crippen LogP contribution is 2.36. The molecule has 0 aliphatic heterocycles. The van der Waals surface area contributed by atoms with Gasteiger partial charge >= 0.3 is 0 Å². The molecular formula is C17H13ClO4. The van der Waals surface area contributed by atoms with Gasteiger partial charge in [-0.25, -0.2) is 0 Å². The van der Waals surface area contributed by atoms with Gasteiger partial charge in [0, 0.05) is 5.56 Å². The minimum atomic E-state index is -0.318. The SMILES string of the molecule is COc1c(-c2ccccc2)oc2ccc(Cl)c(OC)c2c1=O. The van der Waals surface area contributed by atoms with E-state index in [2.05, 4.69) is 0 Å². The number of fused-ring (bicyclic) bond motifs is 1. The summed E-state index contributed by atoms with van der Waals surface area (Å²) in [4.78, 5) is 12.8. The van der Waals surface area contributed by atoms with Gasteiger partial charge < -0.3 is 13.9 Å². The van der Waals surface area contributed by atoms with Crippen LogP contribution in [0, 0.1) is 0 Å². The molecule has 0 bridgehead atoms. The van der Waals surface area contributed by atoms with Crippen LogP contribution in [0.1, 0.15) is 0 Å². The lowest BCUT2D eigenvalue weighted by molar-refractivity contribution is 0.396. The lowest BCUT2D eigenvalue weighted by Crippen LogP contribution is -2.09. The summed E-state index contributed by atoms with van der Waals surface area (Å²) >= 11 is 6.08. The van der Waals surface area contributed by atoms with Gasteiger partial charge in [-0.2, -0.15) is 0 Å². The van der Waals surface area contributed by atoms with Crippen LogP contribution >= 0.6 is 11.6 Å². The zero-order valence-electron chi connectivity index (χ0n) is 12.1. The van der Waals surface area contributed by atoms with Gasteiger partial charge in [0.1, 0.15) is 11.0 Å². The highest BCUT2D eigenvalue weighted by Gasteiger charge is 2.20. The van der Waals surface area contributed by atoms with E-state index in [0.29, 0.717) is 16.4 Å². The van der Waals surface area contributed by atoms with E-state index in [-0.39, 0.29) is 22.3 Å². The quantitative estimate of drug-likeness (QED) is 0.729. The van der Waals surface area contributed by atoms with Crippen molar-refractivity contribution < 1.29 is 13.9 Å². The Bertz CT molecular complexity index is 885. The summed E-state index contributed by atoms with van der Waals surface area (Å²) in [6, 6.07) is 12.6. The third-order valence-corrected chi connectivity index (χ3v) is 3.66. The molecule has 4 nitrogen and oxygen atoms in total. The highest BCUT2D eigenvalue weighted by molar-refractivity contribution is 6.33. The van der Waals surface area contributed by atoms with Crippen LogP contribution in [0.25, 0.3) is 22.3 Å². The Balaban J connectivity index is 2.43. The van der Waals surface area contributed by atoms with Crippen LogP contribution < -0.4 is 14.9 Å². The van der Waals surface area contributed by atoms with Crippen molar-refractivity contribution in [2.75, 3.05) is 14.2 Å². The Kier molecular flexibility index (Phi) is 3.77. The Labute approximate surface area is 131 Å². The minimum absolute atomic E-state index is 0.124. The van der Waals surface area contributed by atoms with Gasteiger partial charge in [0.05, 0.1) is 19.2 Å². The maximum atomic E-state index is 12.8. The van der Waals surface area contributed by atoms with Crippen molar-refractivity contribution in [3.05, 3.63) is 57.7 Å². The van der Waals surface area contributed by atoms with Crippen molar-refractivity contribution in [2.45, 2.75) is 0 Å². The first-order valence-corrected chi connectivity index (χ1v) is 6.98. The van der Waals surface area contributed by atoms with E-state index in [1.54, 1.807) is 12.1 Å². The maximum Gasteiger partial charge on any atom is 0.239 e. The molecule has 0 amide bonds. The fourth-order valence-electron chi connectivity index (χ4n) is 2.38. The van der Waals surface area contributed by atoms with E-state index in [1.165, 1.54) is 14.2 Å². The fourth-order valence-corrected chi connectivity index (χ4v) is 2.61. The summed E-state index contributed by atoms with van der Waals surface area (Å²) in [5.41, 5.74) is 0.833. The fraction of sp³-hybridized carbons (Fsp3) is 0.118. The summed E-state index contributed by atoms with van der Waals surface area (Å²) in [5.74, 6) is 0.787. The normalized spacial score (nSPS) is 10.7. The summed E-state index contributed by atoms with van der Waals surface area (Å²) in [5, 5.41) is 0.614. The van der Waals surface area contributed by atoms with Crippen LogP contribution in [0.5, 0.6) is 11.5 Å². The van der Waals surface area contributed by atoms with E-state index < -0.39 is 0 Å². The van der Waals surface area contributed by atoms with Crippen LogP contribution in [-0.2, 0) is 0 Å². The Hall–Kier alpha value is -2.46. The summed E-state index contributed by atoms with van der Waals surface area (Å²) < 4.78 is 16.4. The van der Waals surface area contributed by atoms with E-state index in [0.717, 1.165) is 5.56 Å². The molecule has 0 fully saturated rings. The van der Waals surface area contributed by atoms with Gasteiger partial charge in [-0.3, -0.25) is 4.79 Å². The highest BCUT2D eigenvalue weighted by atomic mass is 35.5. The van der Waals surface area contributed by atoms with Crippen LogP contribution in [0.3, 0.4) is 0 Å². The summed E-state index contributed by atoms with van der Waals surface area (Å²) in [6.45, 7) is 0. The molecule has 1 heterocycles. The molecule has 3 rings (SSSR count). The summed E-state index contributed by atoms with van der Waals surface area (Å²) in [7, 11) is 2.89. The molecule has 2 aromatic carbocycles. The Morgan fingerprint density at radius 2 is 1.64 bits per heavy atom. The molecule has 0 spiro atoms. The Morgan fingerprint density at radius 1 is 0.955 bits per heavy atom. The number of hydrogen-bond donors (Lipinski definition) is 0. The van der Waals surface area contributed by atoms with E-state index >= 15 is 0 Å². The lowest BCUT2D eigenvalue weighted by Gasteiger charge is -2.11. The predicted octanol–water partition coefficient (Wildman–Crippen LogP) is 4.13. The Morgan fingerprint density at radius 3 is 2.27 bits per heavy atom. The topological polar surface area (TPSA) is 48.7 Å². The molecule has 0 saturated heterocycles. The molecule has 0 unspecified atom stereocenters. The molecule has 0 aliphatic rings. The van der Waals surface area contributed by atoms with Crippen LogP contribution in [0.2, 0.25) is 5.02 Å². The van der Waals surface area contributed by atoms with Gasteiger partial charge in [0.15, 0.2) is 11.5 Å². The van der Waals surface area contributed by atoms with Gasteiger partial charge in [0.25, 0.3) is 0 Å². The average molecular weight is 317 g/mol. The predicted molar refractivity (Wildman–Crippen MR) is 86.0 cm³/mol. The van der Waals surface area contributed by atoms with Crippen molar-refractivity contribution in [1.82, 2.24) is 0 Å². The van der Waals surface area contributed by atoms with Gasteiger partial charge in [0.2, 0.25) is 11.2 Å². The second kappa shape index (κ2) is 5.73. The lowest BCUT2D eigenvalue weighted by atomic mass is 10.1. The molecule has 22 heavy (non-hydrogen) atoms. The molecule has 0 N–H and O–H groups in total. The first-order valence-electron chi connectivity index (χ1n) is 6.60. The van der Waals surface area contributed by atoms with Gasteiger partial charge in [-0.1, -0.05) is 41.9 Å². The van der Waals surface area contributed by atoms with Crippen molar-refractivity contribution in [2.24, 2.45) is 0 Å². The molecule has 1 aromatic heterocycles. The number of methoxy groups -OCH3 is 2. The number of benzene rings is 2. The number of ether oxygens (including phenoxy) is 2. The third-order valence-electron chi connectivity index (χ3n) is 3.37. The zero-order valence-corrected chi connectivity index (χ0v) is 12.8. The molecule has 0 aliphatic carbocycles. The first-order chi connectivity index (χ1) is 10.7. The van der Waals surface area contributed by atoms with Gasteiger partial charge in [-0.15, -0.1) is 0 Å². The number of halogens is 1. The van der Waals surface area contributed by atoms with Crippen LogP contribution in [0.15, 0.2) is 51.7 Å². The molecular weight excluding hydrogens is 304 g/mol. The second-order valence-electron chi connectivity index (χ2n) is 4.61. The minimum Gasteiger partial charge on any atom is -0.494 e. The molecule has 112 valence electrons. The maximum absolute atomic E-state index is 12.8. The zero-order chi connectivity index (χ0) is 15.7. The van der Waals surface area contributed by atoms with Crippen LogP contribution in [0.4, 0.5) is 0 Å². The average Bonchev–Trinajstić information content (AvgIpc) is 2.56. The standard InChI is InChI=1S/C17H13ClO4/c1-20-16-11(18)8-9-12-13(16)14(19)17(21-2)15(22-12)10-6-4-3-5-7-10/h3-9H,1-2H3. The van der Waals surface area contributed by atoms with Crippen molar-refractivity contribution in [3.63, 3.8) is 0 Å². The summed E-state index contributed by atoms with van der Waals surface area (Å²) in [6.07, 6.45) is 0. The monoisotopic (exact) mass is 316 g/mol. The largest absolute Gasteiger partial charge is 0.494 e. The van der Waals surface area contributed by atoms with Crippen LogP contribution in [-0.4, -0.2) is 14.2 Å². The van der Waals surface area contributed by atoms with Gasteiger partial charge in [-0.05, 0) is 12.1 Å². The first kappa shape index (κ1) is 14.5. The van der Waals surface area contributed by atoms with Crippen molar-refractivity contribution in [1.29, 1.82) is 0 Å². The van der Waals surface area contributed by atoms with E-state index in [4.69, 9.17) is 25.5 Å². The second-order valence-corrected chi connectivity index (χ2v) is 5.02. The molecule has 5 heteroatoms. The smallest absolute Gasteiger partial charge is 0.239 e. The van der Waals surface area contributed by atoms with E-state index in [9.17, 15) is 4.79 Å². The number of rotatable bonds is 3. The molecule has 0 atom stereocenters. The number of hydrogen-bond acceptors (Lipinski definition) is 4. The van der Waals surface area contributed by atoms with E-state index in [1.807, 2.05) is 30.3 Å². The van der Waals surface area contributed by atoms with Crippen molar-refractivity contribution >= 4 is 22.6 Å². The third kappa shape index (κ3) is 2.22. The van der Waals surface area contributed by atoms with Crippen molar-refractivity contribution in [3.8, 4) is 22.8 Å². The molecule has 0 saturated carbocycles. The molecule has 0 radical (unpaired) electrons. The molecule has 3 aromatic rings.